The van der Waals surface area contributed by atoms with E-state index in [1.165, 1.54) is 0 Å². The van der Waals surface area contributed by atoms with Crippen LogP contribution in [-0.4, -0.2) is 81.6 Å². The molecule has 9 rings (SSSR count). The number of anilines is 3. The van der Waals surface area contributed by atoms with E-state index in [0.717, 1.165) is 57.7 Å². The lowest BCUT2D eigenvalue weighted by Crippen LogP contribution is -2.39. The molecule has 2 N–H and O–H groups in total. The number of carbonyl (C=O) groups is 3. The molecular formula is C44H41N9O6. The molecule has 15 nitrogen and oxygen atoms in total. The maximum atomic E-state index is 13.2. The van der Waals surface area contributed by atoms with Crippen LogP contribution in [0.1, 0.15) is 63.6 Å². The lowest BCUT2D eigenvalue weighted by Gasteiger charge is -2.33. The smallest absolute Gasteiger partial charge is 0.270 e. The molecule has 5 aromatic heterocycles. The molecule has 0 radical (unpaired) electrons. The van der Waals surface area contributed by atoms with Gasteiger partial charge in [-0.3, -0.25) is 29.5 Å². The first kappa shape index (κ1) is 37.6. The van der Waals surface area contributed by atoms with Crippen LogP contribution in [0.2, 0.25) is 0 Å². The summed E-state index contributed by atoms with van der Waals surface area (Å²) >= 11 is 0. The summed E-state index contributed by atoms with van der Waals surface area (Å²) in [7, 11) is 1.80. The monoisotopic (exact) mass is 791 g/mol. The van der Waals surface area contributed by atoms with Crippen LogP contribution in [0.5, 0.6) is 0 Å². The van der Waals surface area contributed by atoms with E-state index >= 15 is 0 Å². The number of hydrogen-bond acceptors (Lipinski definition) is 12. The molecule has 1 atom stereocenters. The van der Waals surface area contributed by atoms with Gasteiger partial charge < -0.3 is 28.8 Å². The number of aromatic nitrogens is 5. The number of furan rings is 1. The molecule has 2 fully saturated rings. The van der Waals surface area contributed by atoms with E-state index in [2.05, 4.69) is 37.3 Å². The van der Waals surface area contributed by atoms with Crippen molar-refractivity contribution < 1.29 is 23.5 Å². The second-order valence-corrected chi connectivity index (χ2v) is 15.1. The molecule has 6 aromatic rings. The van der Waals surface area contributed by atoms with Crippen molar-refractivity contribution in [3.05, 3.63) is 99.1 Å². The van der Waals surface area contributed by atoms with Crippen LogP contribution in [0.25, 0.3) is 33.3 Å². The van der Waals surface area contributed by atoms with Crippen LogP contribution in [0.3, 0.4) is 0 Å². The van der Waals surface area contributed by atoms with Gasteiger partial charge in [-0.25, -0.2) is 15.0 Å². The highest BCUT2D eigenvalue weighted by atomic mass is 16.5. The summed E-state index contributed by atoms with van der Waals surface area (Å²) in [6, 6.07) is 11.2. The first-order chi connectivity index (χ1) is 28.6. The highest BCUT2D eigenvalue weighted by molar-refractivity contribution is 6.03. The molecule has 298 valence electrons. The van der Waals surface area contributed by atoms with Gasteiger partial charge in [-0.05, 0) is 69.0 Å². The van der Waals surface area contributed by atoms with Gasteiger partial charge in [0.15, 0.2) is 5.82 Å². The number of amides is 3. The van der Waals surface area contributed by atoms with Crippen LogP contribution in [-0.2, 0) is 27.8 Å². The summed E-state index contributed by atoms with van der Waals surface area (Å²) in [6.45, 7) is 7.11. The molecule has 0 bridgehead atoms. The van der Waals surface area contributed by atoms with Crippen molar-refractivity contribution in [3.8, 4) is 23.2 Å². The minimum Gasteiger partial charge on any atom is -0.464 e. The van der Waals surface area contributed by atoms with Crippen molar-refractivity contribution in [2.75, 3.05) is 49.2 Å². The van der Waals surface area contributed by atoms with E-state index in [4.69, 9.17) is 24.1 Å². The first-order valence-corrected chi connectivity index (χ1v) is 19.7. The van der Waals surface area contributed by atoms with E-state index in [0.29, 0.717) is 72.9 Å². The van der Waals surface area contributed by atoms with E-state index in [1.54, 1.807) is 30.1 Å². The largest absolute Gasteiger partial charge is 0.464 e. The predicted molar refractivity (Wildman–Crippen MR) is 221 cm³/mol. The highest BCUT2D eigenvalue weighted by Crippen LogP contribution is 2.38. The van der Waals surface area contributed by atoms with Crippen molar-refractivity contribution in [2.45, 2.75) is 45.4 Å². The van der Waals surface area contributed by atoms with Gasteiger partial charge >= 0.3 is 0 Å². The predicted octanol–water partition coefficient (Wildman–Crippen LogP) is 4.37. The molecule has 3 aliphatic heterocycles. The highest BCUT2D eigenvalue weighted by Gasteiger charge is 2.31. The number of morpholine rings is 1. The van der Waals surface area contributed by atoms with Crippen molar-refractivity contribution in [1.82, 2.24) is 35.1 Å². The Kier molecular flexibility index (Phi) is 9.85. The van der Waals surface area contributed by atoms with E-state index < -0.39 is 5.92 Å². The minimum absolute atomic E-state index is 0.0416. The number of pyridine rings is 3. The van der Waals surface area contributed by atoms with Crippen LogP contribution in [0.15, 0.2) is 64.3 Å². The second-order valence-electron chi connectivity index (χ2n) is 15.1. The Balaban J connectivity index is 0.917. The van der Waals surface area contributed by atoms with Gasteiger partial charge in [0.25, 0.3) is 11.5 Å². The zero-order valence-corrected chi connectivity index (χ0v) is 32.9. The fraction of sp³-hybridized carbons (Fsp3) is 0.318. The van der Waals surface area contributed by atoms with Gasteiger partial charge in [0.1, 0.15) is 22.9 Å². The summed E-state index contributed by atoms with van der Waals surface area (Å²) in [5.74, 6) is 6.70. The molecule has 0 aliphatic carbocycles. The Morgan fingerprint density at radius 1 is 0.966 bits per heavy atom. The van der Waals surface area contributed by atoms with Gasteiger partial charge in [0, 0.05) is 78.4 Å². The zero-order chi connectivity index (χ0) is 40.8. The van der Waals surface area contributed by atoms with Gasteiger partial charge in [-0.15, -0.1) is 0 Å². The molecule has 1 unspecified atom stereocenters. The standard InChI is InChI=1S/C44H41N9O6/c1-25-18-28(22-46-39(25)43(56)45-12-4-6-27-8-10-36-30(20-27)32(24-59-36)29-9-11-38(54)50-42(29)55)40-47-23-35-33(48-40)7-5-13-53(35)41-31-19-26(2)44(57)51(3)34(31)21-37(49-41)52-14-16-58-17-15-52/h8,10,18-24,29H,5,7,9,11-17H2,1-3H3,(H,45,56)(H,50,54,55). The number of fused-ring (bicyclic) bond motifs is 3. The normalized spacial score (nSPS) is 16.8. The maximum absolute atomic E-state index is 13.2. The van der Waals surface area contributed by atoms with Crippen molar-refractivity contribution in [1.29, 1.82) is 0 Å². The van der Waals surface area contributed by atoms with E-state index in [-0.39, 0.29) is 41.9 Å². The Morgan fingerprint density at radius 2 is 1.81 bits per heavy atom. The number of rotatable bonds is 6. The van der Waals surface area contributed by atoms with Crippen LogP contribution in [0.4, 0.5) is 17.3 Å². The van der Waals surface area contributed by atoms with Gasteiger partial charge in [-0.1, -0.05) is 11.8 Å². The number of nitrogens with zero attached hydrogens (tertiary/aromatic N) is 7. The molecule has 2 saturated heterocycles. The molecule has 3 amide bonds. The van der Waals surface area contributed by atoms with Crippen molar-refractivity contribution >= 4 is 56.9 Å². The molecular weight excluding hydrogens is 751 g/mol. The van der Waals surface area contributed by atoms with E-state index in [1.807, 2.05) is 50.4 Å². The molecule has 8 heterocycles. The van der Waals surface area contributed by atoms with Crippen LogP contribution in [0, 0.1) is 25.7 Å². The van der Waals surface area contributed by atoms with Crippen LogP contribution >= 0.6 is 0 Å². The molecule has 1 aromatic carbocycles. The Hall–Kier alpha value is -6.92. The Bertz CT molecular complexity index is 2830. The molecule has 59 heavy (non-hydrogen) atoms. The second kappa shape index (κ2) is 15.4. The molecule has 15 heteroatoms. The lowest BCUT2D eigenvalue weighted by molar-refractivity contribution is -0.134. The summed E-state index contributed by atoms with van der Waals surface area (Å²) in [5, 5.41) is 6.88. The number of imide groups is 1. The third-order valence-corrected chi connectivity index (χ3v) is 11.2. The van der Waals surface area contributed by atoms with Gasteiger partial charge in [-0.2, -0.15) is 0 Å². The Labute approximate surface area is 338 Å². The minimum atomic E-state index is -0.472. The van der Waals surface area contributed by atoms with Crippen LogP contribution < -0.4 is 26.0 Å². The SMILES string of the molecule is Cc1cc(-c2ncc3c(n2)CCCN3c2nc(N3CCOCC3)cc3c2cc(C)c(=O)n3C)cnc1C(=O)NCC#Cc1ccc2occ(C3CCC(=O)NC3=O)c2c1. The number of ether oxygens (including phenoxy) is 1. The first-order valence-electron chi connectivity index (χ1n) is 19.7. The number of benzene rings is 1. The topological polar surface area (TPSA) is 178 Å². The van der Waals surface area contributed by atoms with Crippen molar-refractivity contribution in [3.63, 3.8) is 0 Å². The fourth-order valence-electron chi connectivity index (χ4n) is 8.12. The fourth-order valence-corrected chi connectivity index (χ4v) is 8.12. The van der Waals surface area contributed by atoms with Gasteiger partial charge in [0.2, 0.25) is 11.8 Å². The quantitative estimate of drug-likeness (QED) is 0.180. The molecule has 0 saturated carbocycles. The average molecular weight is 792 g/mol. The average Bonchev–Trinajstić information content (AvgIpc) is 3.67. The van der Waals surface area contributed by atoms with E-state index in [9.17, 15) is 19.2 Å². The number of piperidine rings is 1. The molecule has 3 aliphatic rings. The number of aryl methyl sites for hydroxylation is 4. The number of nitrogens with one attached hydrogen (secondary N) is 2. The van der Waals surface area contributed by atoms with Gasteiger partial charge in [0.05, 0.1) is 55.0 Å². The lowest BCUT2D eigenvalue weighted by atomic mass is 9.90. The molecule has 0 spiro atoms. The summed E-state index contributed by atoms with van der Waals surface area (Å²) < 4.78 is 13.0. The summed E-state index contributed by atoms with van der Waals surface area (Å²) in [6.07, 6.45) is 7.30. The van der Waals surface area contributed by atoms with Crippen molar-refractivity contribution in [2.24, 2.45) is 7.05 Å². The number of hydrogen-bond donors (Lipinski definition) is 2. The maximum Gasteiger partial charge on any atom is 0.270 e. The third kappa shape index (κ3) is 7.16. The third-order valence-electron chi connectivity index (χ3n) is 11.2. The summed E-state index contributed by atoms with van der Waals surface area (Å²) in [4.78, 5) is 74.2. The summed E-state index contributed by atoms with van der Waals surface area (Å²) in [5.41, 5.74) is 6.82. The zero-order valence-electron chi connectivity index (χ0n) is 32.9. The Morgan fingerprint density at radius 3 is 2.63 bits per heavy atom. The number of carbonyl (C=O) groups excluding carboxylic acids is 3.